The lowest BCUT2D eigenvalue weighted by Gasteiger charge is -2.14. The molecule has 1 unspecified atom stereocenters. The summed E-state index contributed by atoms with van der Waals surface area (Å²) in [6.07, 6.45) is 2.48. The van der Waals surface area contributed by atoms with Gasteiger partial charge in [0.1, 0.15) is 5.51 Å². The molecule has 1 saturated carbocycles. The maximum absolute atomic E-state index is 11.9. The minimum Gasteiger partial charge on any atom is -0.339 e. The van der Waals surface area contributed by atoms with Crippen LogP contribution in [0.15, 0.2) is 5.51 Å². The van der Waals surface area contributed by atoms with Gasteiger partial charge in [0.2, 0.25) is 16.9 Å². The van der Waals surface area contributed by atoms with E-state index in [-0.39, 0.29) is 17.7 Å². The van der Waals surface area contributed by atoms with E-state index < -0.39 is 0 Å². The largest absolute Gasteiger partial charge is 0.339 e. The molecule has 1 atom stereocenters. The Kier molecular flexibility index (Phi) is 2.54. The van der Waals surface area contributed by atoms with E-state index in [2.05, 4.69) is 15.5 Å². The maximum Gasteiger partial charge on any atom is 0.231 e. The Morgan fingerprint density at radius 2 is 2.35 bits per heavy atom. The molecule has 0 spiro atoms. The van der Waals surface area contributed by atoms with Crippen LogP contribution in [-0.2, 0) is 9.59 Å². The standard InChI is InChI=1S/C10H12N4O2S/c15-8-3-6(4-14(8)7-1-2-7)9(16)12-10-13-11-5-17-10/h5-7H,1-4H2,(H,12,13,16). The molecule has 7 heteroatoms. The highest BCUT2D eigenvalue weighted by molar-refractivity contribution is 7.13. The molecular weight excluding hydrogens is 240 g/mol. The number of rotatable bonds is 3. The van der Waals surface area contributed by atoms with Gasteiger partial charge in [0.05, 0.1) is 5.92 Å². The van der Waals surface area contributed by atoms with Crippen molar-refractivity contribution >= 4 is 28.3 Å². The topological polar surface area (TPSA) is 75.2 Å². The third-order valence-electron chi connectivity index (χ3n) is 3.11. The molecule has 1 aromatic heterocycles. The van der Waals surface area contributed by atoms with Crippen molar-refractivity contribution in [1.82, 2.24) is 15.1 Å². The maximum atomic E-state index is 11.9. The van der Waals surface area contributed by atoms with E-state index >= 15 is 0 Å². The van der Waals surface area contributed by atoms with Gasteiger partial charge in [0, 0.05) is 19.0 Å². The van der Waals surface area contributed by atoms with Crippen LogP contribution in [0.1, 0.15) is 19.3 Å². The van der Waals surface area contributed by atoms with E-state index in [1.165, 1.54) is 11.3 Å². The summed E-state index contributed by atoms with van der Waals surface area (Å²) in [7, 11) is 0. The van der Waals surface area contributed by atoms with Gasteiger partial charge < -0.3 is 10.2 Å². The number of hydrogen-bond donors (Lipinski definition) is 1. The van der Waals surface area contributed by atoms with Crippen molar-refractivity contribution in [3.05, 3.63) is 5.51 Å². The number of likely N-dealkylation sites (tertiary alicyclic amines) is 1. The van der Waals surface area contributed by atoms with Gasteiger partial charge in [-0.05, 0) is 12.8 Å². The monoisotopic (exact) mass is 252 g/mol. The van der Waals surface area contributed by atoms with E-state index in [0.717, 1.165) is 12.8 Å². The lowest BCUT2D eigenvalue weighted by molar-refractivity contribution is -0.128. The molecule has 1 N–H and O–H groups in total. The molecule has 1 saturated heterocycles. The first-order valence-electron chi connectivity index (χ1n) is 5.60. The van der Waals surface area contributed by atoms with Crippen molar-refractivity contribution in [2.75, 3.05) is 11.9 Å². The van der Waals surface area contributed by atoms with Gasteiger partial charge in [-0.1, -0.05) is 11.3 Å². The molecule has 2 fully saturated rings. The van der Waals surface area contributed by atoms with Crippen molar-refractivity contribution < 1.29 is 9.59 Å². The third kappa shape index (κ3) is 2.14. The number of carbonyl (C=O) groups excluding carboxylic acids is 2. The third-order valence-corrected chi connectivity index (χ3v) is 3.71. The molecule has 3 rings (SSSR count). The minimum atomic E-state index is -0.244. The fourth-order valence-corrected chi connectivity index (χ4v) is 2.53. The molecule has 1 aromatic rings. The number of nitrogens with zero attached hydrogens (tertiary/aromatic N) is 3. The van der Waals surface area contributed by atoms with E-state index in [4.69, 9.17) is 0 Å². The van der Waals surface area contributed by atoms with Crippen LogP contribution in [0.5, 0.6) is 0 Å². The molecule has 90 valence electrons. The molecule has 2 heterocycles. The number of hydrogen-bond acceptors (Lipinski definition) is 5. The first-order valence-corrected chi connectivity index (χ1v) is 6.48. The molecule has 1 aliphatic carbocycles. The van der Waals surface area contributed by atoms with E-state index in [1.54, 1.807) is 5.51 Å². The molecule has 0 aromatic carbocycles. The summed E-state index contributed by atoms with van der Waals surface area (Å²) in [5, 5.41) is 10.6. The van der Waals surface area contributed by atoms with Gasteiger partial charge in [-0.15, -0.1) is 10.2 Å². The quantitative estimate of drug-likeness (QED) is 0.849. The zero-order chi connectivity index (χ0) is 11.8. The fraction of sp³-hybridized carbons (Fsp3) is 0.600. The van der Waals surface area contributed by atoms with Crippen LogP contribution in [0.25, 0.3) is 0 Å². The zero-order valence-corrected chi connectivity index (χ0v) is 9.94. The van der Waals surface area contributed by atoms with Crippen LogP contribution in [0.3, 0.4) is 0 Å². The van der Waals surface area contributed by atoms with Crippen LogP contribution in [0.4, 0.5) is 5.13 Å². The molecule has 2 aliphatic rings. The highest BCUT2D eigenvalue weighted by Crippen LogP contribution is 2.32. The van der Waals surface area contributed by atoms with Crippen LogP contribution in [0, 0.1) is 5.92 Å². The van der Waals surface area contributed by atoms with E-state index in [0.29, 0.717) is 24.1 Å². The van der Waals surface area contributed by atoms with Crippen LogP contribution in [-0.4, -0.2) is 39.5 Å². The summed E-state index contributed by atoms with van der Waals surface area (Å²) in [6.45, 7) is 0.550. The van der Waals surface area contributed by atoms with Gasteiger partial charge in [-0.3, -0.25) is 9.59 Å². The number of nitrogens with one attached hydrogen (secondary N) is 1. The zero-order valence-electron chi connectivity index (χ0n) is 9.13. The summed E-state index contributed by atoms with van der Waals surface area (Å²) in [5.41, 5.74) is 1.56. The first kappa shape index (κ1) is 10.6. The molecule has 17 heavy (non-hydrogen) atoms. The fourth-order valence-electron chi connectivity index (χ4n) is 2.08. The van der Waals surface area contributed by atoms with Gasteiger partial charge in [-0.2, -0.15) is 0 Å². The summed E-state index contributed by atoms with van der Waals surface area (Å²) >= 11 is 1.28. The summed E-state index contributed by atoms with van der Waals surface area (Å²) < 4.78 is 0. The van der Waals surface area contributed by atoms with Gasteiger partial charge in [0.15, 0.2) is 0 Å². The molecule has 6 nitrogen and oxygen atoms in total. The second kappa shape index (κ2) is 4.06. The Bertz CT molecular complexity index is 443. The van der Waals surface area contributed by atoms with Crippen LogP contribution in [0.2, 0.25) is 0 Å². The Balaban J connectivity index is 1.61. The highest BCUT2D eigenvalue weighted by Gasteiger charge is 2.41. The molecule has 0 radical (unpaired) electrons. The van der Waals surface area contributed by atoms with E-state index in [1.807, 2.05) is 4.90 Å². The van der Waals surface area contributed by atoms with Gasteiger partial charge in [-0.25, -0.2) is 0 Å². The number of amides is 2. The SMILES string of the molecule is O=C(Nc1nncs1)C1CC(=O)N(C2CC2)C1. The normalized spacial score (nSPS) is 24.1. The molecule has 2 amide bonds. The minimum absolute atomic E-state index is 0.102. The predicted molar refractivity (Wildman–Crippen MR) is 61.4 cm³/mol. The summed E-state index contributed by atoms with van der Waals surface area (Å²) in [6, 6.07) is 0.391. The van der Waals surface area contributed by atoms with Crippen molar-refractivity contribution in [3.63, 3.8) is 0 Å². The lowest BCUT2D eigenvalue weighted by atomic mass is 10.1. The Hall–Kier alpha value is -1.50. The predicted octanol–water partition coefficient (Wildman–Crippen LogP) is 0.487. The smallest absolute Gasteiger partial charge is 0.231 e. The summed E-state index contributed by atoms with van der Waals surface area (Å²) in [5.74, 6) is -0.268. The van der Waals surface area contributed by atoms with Crippen molar-refractivity contribution in [3.8, 4) is 0 Å². The average Bonchev–Trinajstić information content (AvgIpc) is 2.87. The van der Waals surface area contributed by atoms with Crippen molar-refractivity contribution in [1.29, 1.82) is 0 Å². The highest BCUT2D eigenvalue weighted by atomic mass is 32.1. The van der Waals surface area contributed by atoms with Crippen LogP contribution < -0.4 is 5.32 Å². The number of anilines is 1. The summed E-state index contributed by atoms with van der Waals surface area (Å²) in [4.78, 5) is 25.4. The molecule has 0 bridgehead atoms. The molecular formula is C10H12N4O2S. The van der Waals surface area contributed by atoms with Gasteiger partial charge >= 0.3 is 0 Å². The van der Waals surface area contributed by atoms with Crippen molar-refractivity contribution in [2.45, 2.75) is 25.3 Å². The first-order chi connectivity index (χ1) is 8.24. The number of carbonyl (C=O) groups is 2. The Morgan fingerprint density at radius 1 is 1.53 bits per heavy atom. The van der Waals surface area contributed by atoms with Gasteiger partial charge in [0.25, 0.3) is 0 Å². The lowest BCUT2D eigenvalue weighted by Crippen LogP contribution is -2.29. The van der Waals surface area contributed by atoms with Crippen molar-refractivity contribution in [2.24, 2.45) is 5.92 Å². The Labute approximate surface area is 102 Å². The second-order valence-corrected chi connectivity index (χ2v) is 5.24. The van der Waals surface area contributed by atoms with E-state index in [9.17, 15) is 9.59 Å². The Morgan fingerprint density at radius 3 is 3.00 bits per heavy atom. The number of aromatic nitrogens is 2. The second-order valence-electron chi connectivity index (χ2n) is 4.41. The molecule has 1 aliphatic heterocycles. The van der Waals surface area contributed by atoms with Crippen LogP contribution >= 0.6 is 11.3 Å². The average molecular weight is 252 g/mol.